The predicted molar refractivity (Wildman–Crippen MR) is 115 cm³/mol. The van der Waals surface area contributed by atoms with E-state index in [0.29, 0.717) is 19.6 Å². The zero-order valence-electron chi connectivity index (χ0n) is 17.3. The molecular weight excluding hydrogens is 378 g/mol. The third-order valence-corrected chi connectivity index (χ3v) is 6.08. The number of nitrogens with zero attached hydrogens (tertiary/aromatic N) is 1. The first kappa shape index (κ1) is 20.4. The number of carbonyl (C=O) groups is 2. The Morgan fingerprint density at radius 3 is 2.43 bits per heavy atom. The van der Waals surface area contributed by atoms with Crippen LogP contribution in [-0.2, 0) is 14.3 Å². The number of carbonyl (C=O) groups excluding carboxylic acids is 2. The van der Waals surface area contributed by atoms with Crippen LogP contribution in [0.4, 0.5) is 4.79 Å². The molecule has 0 bridgehead atoms. The summed E-state index contributed by atoms with van der Waals surface area (Å²) in [5.74, 6) is -0.251. The van der Waals surface area contributed by atoms with Gasteiger partial charge in [-0.15, -0.1) is 6.58 Å². The average molecular weight is 405 g/mol. The molecule has 2 aliphatic rings. The molecule has 2 aromatic rings. The summed E-state index contributed by atoms with van der Waals surface area (Å²) < 4.78 is 11.2. The van der Waals surface area contributed by atoms with Gasteiger partial charge < -0.3 is 9.47 Å². The normalized spacial score (nSPS) is 20.6. The van der Waals surface area contributed by atoms with Crippen LogP contribution in [-0.4, -0.2) is 43.3 Å². The molecule has 2 aromatic carbocycles. The highest BCUT2D eigenvalue weighted by molar-refractivity contribution is 5.96. The van der Waals surface area contributed by atoms with Gasteiger partial charge in [-0.05, 0) is 42.0 Å². The van der Waals surface area contributed by atoms with E-state index in [1.165, 1.54) is 16.0 Å². The number of likely N-dealkylation sites (tertiary alicyclic amines) is 1. The van der Waals surface area contributed by atoms with E-state index in [1.54, 1.807) is 6.08 Å². The number of imide groups is 1. The van der Waals surface area contributed by atoms with Crippen molar-refractivity contribution in [2.24, 2.45) is 5.41 Å². The fourth-order valence-corrected chi connectivity index (χ4v) is 4.51. The number of piperidine rings is 1. The van der Waals surface area contributed by atoms with Gasteiger partial charge in [0.25, 0.3) is 0 Å². The standard InChI is InChI=1S/C25H27NO4/c1-3-15-29-17-25(2)13-8-14-26(23(25)27)24(28)30-16-22-20-11-6-4-9-18(20)19-10-5-7-12-21(19)22/h3-7,9-12,22H,1,8,13-17H2,2H3/t25-/m0/s1. The van der Waals surface area contributed by atoms with Crippen LogP contribution in [0.15, 0.2) is 61.2 Å². The minimum Gasteiger partial charge on any atom is -0.448 e. The fraction of sp³-hybridized carbons (Fsp3) is 0.360. The quantitative estimate of drug-likeness (QED) is 0.513. The lowest BCUT2D eigenvalue weighted by Crippen LogP contribution is -2.52. The SMILES string of the molecule is C=CCOC[C@]1(C)CCCN(C(=O)OCC2c3ccccc3-c3ccccc32)C1=O. The number of fused-ring (bicyclic) bond motifs is 3. The van der Waals surface area contributed by atoms with Gasteiger partial charge in [0.2, 0.25) is 5.91 Å². The maximum atomic E-state index is 13.0. The van der Waals surface area contributed by atoms with Crippen molar-refractivity contribution in [2.75, 3.05) is 26.4 Å². The van der Waals surface area contributed by atoms with Gasteiger partial charge in [0.15, 0.2) is 0 Å². The number of hydrogen-bond donors (Lipinski definition) is 0. The molecular formula is C25H27NO4. The van der Waals surface area contributed by atoms with E-state index in [2.05, 4.69) is 30.8 Å². The average Bonchev–Trinajstić information content (AvgIpc) is 3.08. The lowest BCUT2D eigenvalue weighted by Gasteiger charge is -2.37. The summed E-state index contributed by atoms with van der Waals surface area (Å²) in [7, 11) is 0. The lowest BCUT2D eigenvalue weighted by atomic mass is 9.82. The molecule has 0 radical (unpaired) electrons. The summed E-state index contributed by atoms with van der Waals surface area (Å²) in [5, 5.41) is 0. The van der Waals surface area contributed by atoms with E-state index in [1.807, 2.05) is 31.2 Å². The van der Waals surface area contributed by atoms with E-state index in [4.69, 9.17) is 9.47 Å². The Balaban J connectivity index is 1.46. The molecule has 5 nitrogen and oxygen atoms in total. The van der Waals surface area contributed by atoms with Crippen molar-refractivity contribution in [1.29, 1.82) is 0 Å². The second-order valence-corrected chi connectivity index (χ2v) is 8.23. The van der Waals surface area contributed by atoms with Crippen LogP contribution in [0.5, 0.6) is 0 Å². The Hall–Kier alpha value is -2.92. The summed E-state index contributed by atoms with van der Waals surface area (Å²) in [4.78, 5) is 27.1. The number of ether oxygens (including phenoxy) is 2. The number of benzene rings is 2. The molecule has 4 rings (SSSR count). The van der Waals surface area contributed by atoms with Crippen LogP contribution in [0.25, 0.3) is 11.1 Å². The third-order valence-electron chi connectivity index (χ3n) is 6.08. The van der Waals surface area contributed by atoms with Crippen LogP contribution in [0.3, 0.4) is 0 Å². The number of rotatable bonds is 6. The molecule has 0 unspecified atom stereocenters. The van der Waals surface area contributed by atoms with Gasteiger partial charge in [0.05, 0.1) is 18.6 Å². The van der Waals surface area contributed by atoms with Gasteiger partial charge in [-0.25, -0.2) is 9.69 Å². The number of amides is 2. The van der Waals surface area contributed by atoms with Gasteiger partial charge in [0, 0.05) is 12.5 Å². The molecule has 0 spiro atoms. The van der Waals surface area contributed by atoms with Gasteiger partial charge in [0.1, 0.15) is 6.61 Å². The van der Waals surface area contributed by atoms with E-state index in [9.17, 15) is 9.59 Å². The molecule has 0 saturated carbocycles. The van der Waals surface area contributed by atoms with Gasteiger partial charge in [-0.3, -0.25) is 4.79 Å². The minimum absolute atomic E-state index is 0.0245. The van der Waals surface area contributed by atoms with Gasteiger partial charge >= 0.3 is 6.09 Å². The summed E-state index contributed by atoms with van der Waals surface area (Å²) in [6, 6.07) is 16.4. The largest absolute Gasteiger partial charge is 0.448 e. The molecule has 1 fully saturated rings. The van der Waals surface area contributed by atoms with Crippen LogP contribution in [0, 0.1) is 5.41 Å². The third kappa shape index (κ3) is 3.65. The Bertz CT molecular complexity index is 924. The topological polar surface area (TPSA) is 55.8 Å². The molecule has 1 aliphatic heterocycles. The molecule has 1 aliphatic carbocycles. The Labute approximate surface area is 177 Å². The Morgan fingerprint density at radius 2 is 1.80 bits per heavy atom. The van der Waals surface area contributed by atoms with E-state index >= 15 is 0 Å². The molecule has 5 heteroatoms. The maximum absolute atomic E-state index is 13.0. The summed E-state index contributed by atoms with van der Waals surface area (Å²) >= 11 is 0. The van der Waals surface area contributed by atoms with Crippen molar-refractivity contribution in [1.82, 2.24) is 4.90 Å². The molecule has 1 heterocycles. The van der Waals surface area contributed by atoms with Crippen molar-refractivity contribution in [3.8, 4) is 11.1 Å². The van der Waals surface area contributed by atoms with E-state index < -0.39 is 11.5 Å². The maximum Gasteiger partial charge on any atom is 0.416 e. The van der Waals surface area contributed by atoms with Crippen molar-refractivity contribution >= 4 is 12.0 Å². The fourth-order valence-electron chi connectivity index (χ4n) is 4.51. The first-order valence-electron chi connectivity index (χ1n) is 10.4. The van der Waals surface area contributed by atoms with Crippen molar-refractivity contribution < 1.29 is 19.1 Å². The van der Waals surface area contributed by atoms with Crippen molar-refractivity contribution in [2.45, 2.75) is 25.7 Å². The van der Waals surface area contributed by atoms with Crippen molar-refractivity contribution in [3.05, 3.63) is 72.3 Å². The van der Waals surface area contributed by atoms with E-state index in [-0.39, 0.29) is 25.0 Å². The van der Waals surface area contributed by atoms with Gasteiger partial charge in [-0.2, -0.15) is 0 Å². The van der Waals surface area contributed by atoms with Gasteiger partial charge in [-0.1, -0.05) is 54.6 Å². The minimum atomic E-state index is -0.715. The molecule has 2 amide bonds. The van der Waals surface area contributed by atoms with Crippen LogP contribution in [0.1, 0.15) is 36.8 Å². The number of hydrogen-bond acceptors (Lipinski definition) is 4. The zero-order chi connectivity index (χ0) is 21.1. The van der Waals surface area contributed by atoms with Crippen LogP contribution >= 0.6 is 0 Å². The predicted octanol–water partition coefficient (Wildman–Crippen LogP) is 4.77. The summed E-state index contributed by atoms with van der Waals surface area (Å²) in [6.45, 7) is 6.72. The smallest absolute Gasteiger partial charge is 0.416 e. The molecule has 156 valence electrons. The van der Waals surface area contributed by atoms with Crippen LogP contribution < -0.4 is 0 Å². The lowest BCUT2D eigenvalue weighted by molar-refractivity contribution is -0.146. The van der Waals surface area contributed by atoms with Crippen molar-refractivity contribution in [3.63, 3.8) is 0 Å². The first-order valence-corrected chi connectivity index (χ1v) is 10.4. The Morgan fingerprint density at radius 1 is 1.17 bits per heavy atom. The summed E-state index contributed by atoms with van der Waals surface area (Å²) in [6.07, 6.45) is 2.51. The Kier molecular flexibility index (Phi) is 5.73. The van der Waals surface area contributed by atoms with E-state index in [0.717, 1.165) is 17.5 Å². The highest BCUT2D eigenvalue weighted by atomic mass is 16.6. The second kappa shape index (κ2) is 8.44. The monoisotopic (exact) mass is 405 g/mol. The van der Waals surface area contributed by atoms with Crippen LogP contribution in [0.2, 0.25) is 0 Å². The molecule has 30 heavy (non-hydrogen) atoms. The summed E-state index contributed by atoms with van der Waals surface area (Å²) in [5.41, 5.74) is 3.94. The highest BCUT2D eigenvalue weighted by Gasteiger charge is 2.43. The first-order chi connectivity index (χ1) is 14.5. The molecule has 0 aromatic heterocycles. The second-order valence-electron chi connectivity index (χ2n) is 8.23. The molecule has 1 saturated heterocycles. The zero-order valence-corrected chi connectivity index (χ0v) is 17.3. The highest BCUT2D eigenvalue weighted by Crippen LogP contribution is 2.44. The molecule has 0 N–H and O–H groups in total. The molecule has 1 atom stereocenters.